The summed E-state index contributed by atoms with van der Waals surface area (Å²) in [5, 5.41) is 3.96. The summed E-state index contributed by atoms with van der Waals surface area (Å²) >= 11 is 0. The number of anilines is 1. The van der Waals surface area contributed by atoms with E-state index in [9.17, 15) is 0 Å². The third-order valence-electron chi connectivity index (χ3n) is 2.71. The van der Waals surface area contributed by atoms with Crippen LogP contribution in [0.15, 0.2) is 53.3 Å². The molecule has 0 aliphatic carbocycles. The molecule has 0 aliphatic heterocycles. The number of aromatic nitrogens is 3. The van der Waals surface area contributed by atoms with Crippen LogP contribution in [0.4, 0.5) is 5.69 Å². The molecule has 19 heavy (non-hydrogen) atoms. The van der Waals surface area contributed by atoms with E-state index in [1.54, 1.807) is 12.4 Å². The predicted molar refractivity (Wildman–Crippen MR) is 71.2 cm³/mol. The number of pyridine rings is 1. The van der Waals surface area contributed by atoms with Crippen molar-refractivity contribution >= 4 is 5.69 Å². The molecule has 0 atom stereocenters. The zero-order valence-electron chi connectivity index (χ0n) is 10.2. The summed E-state index contributed by atoms with van der Waals surface area (Å²) in [6.07, 6.45) is 3.97. The fraction of sp³-hybridized carbons (Fsp3) is 0.0714. The average Bonchev–Trinajstić information content (AvgIpc) is 2.88. The molecule has 0 amide bonds. The molecule has 2 N–H and O–H groups in total. The van der Waals surface area contributed by atoms with Crippen molar-refractivity contribution in [1.29, 1.82) is 0 Å². The van der Waals surface area contributed by atoms with Crippen molar-refractivity contribution in [2.75, 3.05) is 5.73 Å². The lowest BCUT2D eigenvalue weighted by Crippen LogP contribution is -1.91. The fourth-order valence-electron chi connectivity index (χ4n) is 1.82. The van der Waals surface area contributed by atoms with Gasteiger partial charge in [0.15, 0.2) is 0 Å². The first-order chi connectivity index (χ1) is 9.31. The summed E-state index contributed by atoms with van der Waals surface area (Å²) in [5.74, 6) is 1.14. The molecule has 3 rings (SSSR count). The van der Waals surface area contributed by atoms with Gasteiger partial charge in [-0.15, -0.1) is 0 Å². The molecule has 2 heterocycles. The van der Waals surface area contributed by atoms with Gasteiger partial charge in [0.1, 0.15) is 0 Å². The molecule has 5 nitrogen and oxygen atoms in total. The van der Waals surface area contributed by atoms with Crippen LogP contribution < -0.4 is 5.73 Å². The summed E-state index contributed by atoms with van der Waals surface area (Å²) in [7, 11) is 0. The predicted octanol–water partition coefficient (Wildman–Crippen LogP) is 2.30. The molecule has 3 aromatic rings. The SMILES string of the molecule is Nc1cccc(Cc2nc(-c3ccncc3)no2)c1. The van der Waals surface area contributed by atoms with Gasteiger partial charge < -0.3 is 10.3 Å². The Morgan fingerprint density at radius 1 is 1.11 bits per heavy atom. The Morgan fingerprint density at radius 2 is 1.95 bits per heavy atom. The van der Waals surface area contributed by atoms with E-state index < -0.39 is 0 Å². The van der Waals surface area contributed by atoms with E-state index in [1.807, 2.05) is 36.4 Å². The monoisotopic (exact) mass is 252 g/mol. The molecule has 2 aromatic heterocycles. The van der Waals surface area contributed by atoms with E-state index >= 15 is 0 Å². The highest BCUT2D eigenvalue weighted by molar-refractivity contribution is 5.52. The fourth-order valence-corrected chi connectivity index (χ4v) is 1.82. The molecule has 0 bridgehead atoms. The Balaban J connectivity index is 1.82. The van der Waals surface area contributed by atoms with Crippen LogP contribution in [0.2, 0.25) is 0 Å². The van der Waals surface area contributed by atoms with Crippen molar-refractivity contribution in [3.05, 3.63) is 60.2 Å². The Hall–Kier alpha value is -2.69. The smallest absolute Gasteiger partial charge is 0.231 e. The van der Waals surface area contributed by atoms with Crippen molar-refractivity contribution in [2.24, 2.45) is 0 Å². The topological polar surface area (TPSA) is 77.8 Å². The number of nitrogens with two attached hydrogens (primary N) is 1. The van der Waals surface area contributed by atoms with Crippen LogP contribution in [0.3, 0.4) is 0 Å². The number of rotatable bonds is 3. The van der Waals surface area contributed by atoms with Crippen LogP contribution in [0.25, 0.3) is 11.4 Å². The first-order valence-corrected chi connectivity index (χ1v) is 5.89. The number of hydrogen-bond acceptors (Lipinski definition) is 5. The van der Waals surface area contributed by atoms with Gasteiger partial charge in [-0.2, -0.15) is 4.98 Å². The van der Waals surface area contributed by atoms with E-state index in [4.69, 9.17) is 10.3 Å². The highest BCUT2D eigenvalue weighted by Gasteiger charge is 2.08. The second kappa shape index (κ2) is 4.89. The maximum atomic E-state index is 5.73. The Morgan fingerprint density at radius 3 is 2.74 bits per heavy atom. The van der Waals surface area contributed by atoms with E-state index in [0.29, 0.717) is 18.1 Å². The number of nitrogen functional groups attached to an aromatic ring is 1. The van der Waals surface area contributed by atoms with Crippen LogP contribution in [-0.4, -0.2) is 15.1 Å². The van der Waals surface area contributed by atoms with Crippen LogP contribution in [0.1, 0.15) is 11.5 Å². The molecular formula is C14H12N4O. The molecular weight excluding hydrogens is 240 g/mol. The lowest BCUT2D eigenvalue weighted by Gasteiger charge is -1.97. The second-order valence-corrected chi connectivity index (χ2v) is 4.17. The minimum Gasteiger partial charge on any atom is -0.399 e. The van der Waals surface area contributed by atoms with E-state index in [0.717, 1.165) is 16.8 Å². The maximum Gasteiger partial charge on any atom is 0.231 e. The Kier molecular flexibility index (Phi) is 2.94. The van der Waals surface area contributed by atoms with Gasteiger partial charge in [0.05, 0.1) is 6.42 Å². The van der Waals surface area contributed by atoms with Crippen molar-refractivity contribution in [3.63, 3.8) is 0 Å². The van der Waals surface area contributed by atoms with Crippen molar-refractivity contribution in [3.8, 4) is 11.4 Å². The average molecular weight is 252 g/mol. The summed E-state index contributed by atoms with van der Waals surface area (Å²) in [6, 6.07) is 11.3. The van der Waals surface area contributed by atoms with Gasteiger partial charge in [-0.05, 0) is 29.8 Å². The van der Waals surface area contributed by atoms with E-state index in [-0.39, 0.29) is 0 Å². The van der Waals surface area contributed by atoms with Crippen molar-refractivity contribution in [2.45, 2.75) is 6.42 Å². The van der Waals surface area contributed by atoms with E-state index in [1.165, 1.54) is 0 Å². The Labute approximate surface area is 110 Å². The molecule has 0 fully saturated rings. The summed E-state index contributed by atoms with van der Waals surface area (Å²) in [5.41, 5.74) is 8.40. The van der Waals surface area contributed by atoms with Crippen LogP contribution in [-0.2, 0) is 6.42 Å². The molecule has 1 aromatic carbocycles. The largest absolute Gasteiger partial charge is 0.399 e. The third kappa shape index (κ3) is 2.60. The molecule has 0 aliphatic rings. The maximum absolute atomic E-state index is 5.73. The molecule has 0 saturated heterocycles. The molecule has 5 heteroatoms. The normalized spacial score (nSPS) is 10.5. The van der Waals surface area contributed by atoms with Crippen molar-refractivity contribution in [1.82, 2.24) is 15.1 Å². The zero-order valence-corrected chi connectivity index (χ0v) is 10.2. The van der Waals surface area contributed by atoms with Crippen LogP contribution >= 0.6 is 0 Å². The number of hydrogen-bond donors (Lipinski definition) is 1. The van der Waals surface area contributed by atoms with Gasteiger partial charge in [-0.1, -0.05) is 17.3 Å². The Bertz CT molecular complexity index is 679. The minimum absolute atomic E-state index is 0.567. The molecule has 0 spiro atoms. The summed E-state index contributed by atoms with van der Waals surface area (Å²) in [4.78, 5) is 8.31. The van der Waals surface area contributed by atoms with Gasteiger partial charge in [0.25, 0.3) is 0 Å². The molecule has 0 saturated carbocycles. The van der Waals surface area contributed by atoms with Gasteiger partial charge in [-0.3, -0.25) is 4.98 Å². The summed E-state index contributed by atoms with van der Waals surface area (Å²) < 4.78 is 5.24. The highest BCUT2D eigenvalue weighted by Crippen LogP contribution is 2.16. The molecule has 0 radical (unpaired) electrons. The van der Waals surface area contributed by atoms with E-state index in [2.05, 4.69) is 15.1 Å². The standard InChI is InChI=1S/C14H12N4O/c15-12-3-1-2-10(8-12)9-13-17-14(18-19-13)11-4-6-16-7-5-11/h1-8H,9,15H2. The van der Waals surface area contributed by atoms with Crippen molar-refractivity contribution < 1.29 is 4.52 Å². The summed E-state index contributed by atoms with van der Waals surface area (Å²) in [6.45, 7) is 0. The number of benzene rings is 1. The lowest BCUT2D eigenvalue weighted by molar-refractivity contribution is 0.386. The van der Waals surface area contributed by atoms with Gasteiger partial charge in [0.2, 0.25) is 11.7 Å². The highest BCUT2D eigenvalue weighted by atomic mass is 16.5. The number of nitrogens with zero attached hydrogens (tertiary/aromatic N) is 3. The lowest BCUT2D eigenvalue weighted by atomic mass is 10.1. The van der Waals surface area contributed by atoms with Gasteiger partial charge in [-0.25, -0.2) is 0 Å². The molecule has 94 valence electrons. The van der Waals surface area contributed by atoms with Crippen LogP contribution in [0.5, 0.6) is 0 Å². The first-order valence-electron chi connectivity index (χ1n) is 5.89. The van der Waals surface area contributed by atoms with Crippen LogP contribution in [0, 0.1) is 0 Å². The molecule has 0 unspecified atom stereocenters. The second-order valence-electron chi connectivity index (χ2n) is 4.17. The third-order valence-corrected chi connectivity index (χ3v) is 2.71. The zero-order chi connectivity index (χ0) is 13.1. The minimum atomic E-state index is 0.567. The first kappa shape index (κ1) is 11.4. The van der Waals surface area contributed by atoms with Gasteiger partial charge >= 0.3 is 0 Å². The van der Waals surface area contributed by atoms with Gasteiger partial charge in [0, 0.05) is 23.6 Å². The quantitative estimate of drug-likeness (QED) is 0.724.